The van der Waals surface area contributed by atoms with E-state index in [9.17, 15) is 18.4 Å². The van der Waals surface area contributed by atoms with E-state index in [-0.39, 0.29) is 12.2 Å². The van der Waals surface area contributed by atoms with Crippen LogP contribution in [0.5, 0.6) is 0 Å². The van der Waals surface area contributed by atoms with Crippen molar-refractivity contribution in [2.24, 2.45) is 0 Å². The molecule has 0 unspecified atom stereocenters. The molecule has 23 heavy (non-hydrogen) atoms. The first-order valence-electron chi connectivity index (χ1n) is 6.67. The van der Waals surface area contributed by atoms with Gasteiger partial charge in [-0.15, -0.1) is 0 Å². The number of hydrogen-bond donors (Lipinski definition) is 2. The fourth-order valence-corrected chi connectivity index (χ4v) is 1.84. The van der Waals surface area contributed by atoms with Gasteiger partial charge in [-0.1, -0.05) is 6.07 Å². The minimum Gasteiger partial charge on any atom is -0.465 e. The van der Waals surface area contributed by atoms with Gasteiger partial charge < -0.3 is 15.4 Å². The molecule has 0 aliphatic rings. The molecule has 0 saturated carbocycles. The largest absolute Gasteiger partial charge is 0.465 e. The Morgan fingerprint density at radius 1 is 1.13 bits per heavy atom. The molecule has 120 valence electrons. The summed E-state index contributed by atoms with van der Waals surface area (Å²) in [6.45, 7) is -0.180. The second kappa shape index (κ2) is 7.35. The third-order valence-corrected chi connectivity index (χ3v) is 2.94. The highest BCUT2D eigenvalue weighted by atomic mass is 19.1. The van der Waals surface area contributed by atoms with E-state index in [2.05, 4.69) is 15.4 Å². The van der Waals surface area contributed by atoms with Gasteiger partial charge in [0.15, 0.2) is 0 Å². The zero-order valence-electron chi connectivity index (χ0n) is 12.2. The molecule has 1 amide bonds. The van der Waals surface area contributed by atoms with Crippen molar-refractivity contribution in [1.82, 2.24) is 0 Å². The van der Waals surface area contributed by atoms with E-state index in [1.54, 1.807) is 18.2 Å². The predicted molar refractivity (Wildman–Crippen MR) is 81.3 cm³/mol. The minimum absolute atomic E-state index is 0.180. The number of anilines is 2. The van der Waals surface area contributed by atoms with Gasteiger partial charge in [-0.05, 0) is 30.3 Å². The van der Waals surface area contributed by atoms with Gasteiger partial charge in [0.1, 0.15) is 11.6 Å². The summed E-state index contributed by atoms with van der Waals surface area (Å²) in [5, 5.41) is 5.04. The first-order valence-corrected chi connectivity index (χ1v) is 6.67. The number of benzene rings is 2. The molecule has 5 nitrogen and oxygen atoms in total. The van der Waals surface area contributed by atoms with Crippen molar-refractivity contribution >= 4 is 23.3 Å². The molecule has 0 saturated heterocycles. The maximum atomic E-state index is 13.4. The lowest BCUT2D eigenvalue weighted by molar-refractivity contribution is -0.114. The number of nitrogens with one attached hydrogen (secondary N) is 2. The van der Waals surface area contributed by atoms with E-state index in [0.29, 0.717) is 11.3 Å². The van der Waals surface area contributed by atoms with Crippen LogP contribution in [0.4, 0.5) is 20.2 Å². The van der Waals surface area contributed by atoms with Gasteiger partial charge in [-0.25, -0.2) is 13.6 Å². The van der Waals surface area contributed by atoms with Crippen molar-refractivity contribution in [1.29, 1.82) is 0 Å². The molecule has 2 rings (SSSR count). The topological polar surface area (TPSA) is 67.4 Å². The Kier molecular flexibility index (Phi) is 5.24. The second-order valence-electron chi connectivity index (χ2n) is 4.60. The fourth-order valence-electron chi connectivity index (χ4n) is 1.84. The summed E-state index contributed by atoms with van der Waals surface area (Å²) in [6, 6.07) is 9.15. The smallest absolute Gasteiger partial charge is 0.337 e. The molecule has 0 radical (unpaired) electrons. The van der Waals surface area contributed by atoms with Gasteiger partial charge in [-0.3, -0.25) is 4.79 Å². The van der Waals surface area contributed by atoms with Crippen molar-refractivity contribution in [2.45, 2.75) is 0 Å². The summed E-state index contributed by atoms with van der Waals surface area (Å²) in [7, 11) is 1.27. The van der Waals surface area contributed by atoms with Crippen molar-refractivity contribution < 1.29 is 23.1 Å². The van der Waals surface area contributed by atoms with Gasteiger partial charge >= 0.3 is 5.97 Å². The molecule has 2 aromatic rings. The van der Waals surface area contributed by atoms with Crippen LogP contribution in [-0.2, 0) is 9.53 Å². The maximum absolute atomic E-state index is 13.4. The Bertz CT molecular complexity index is 735. The summed E-state index contributed by atoms with van der Waals surface area (Å²) in [5.74, 6) is -2.44. The third-order valence-electron chi connectivity index (χ3n) is 2.94. The SMILES string of the molecule is COC(=O)c1cccc(NCC(=O)Nc2cc(F)ccc2F)c1. The lowest BCUT2D eigenvalue weighted by Crippen LogP contribution is -2.22. The standard InChI is InChI=1S/C16H14F2N2O3/c1-23-16(22)10-3-2-4-12(7-10)19-9-15(21)20-14-8-11(17)5-6-13(14)18/h2-8,19H,9H2,1H3,(H,20,21). The maximum Gasteiger partial charge on any atom is 0.337 e. The third kappa shape index (κ3) is 4.50. The Balaban J connectivity index is 1.97. The lowest BCUT2D eigenvalue weighted by Gasteiger charge is -2.09. The van der Waals surface area contributed by atoms with Crippen molar-refractivity contribution in [3.63, 3.8) is 0 Å². The lowest BCUT2D eigenvalue weighted by atomic mass is 10.2. The predicted octanol–water partition coefficient (Wildman–Crippen LogP) is 2.80. The summed E-state index contributed by atoms with van der Waals surface area (Å²) < 4.78 is 31.0. The highest BCUT2D eigenvalue weighted by Crippen LogP contribution is 2.15. The normalized spacial score (nSPS) is 10.0. The zero-order chi connectivity index (χ0) is 16.8. The van der Waals surface area contributed by atoms with Crippen LogP contribution in [0.25, 0.3) is 0 Å². The van der Waals surface area contributed by atoms with Crippen molar-refractivity contribution in [2.75, 3.05) is 24.3 Å². The average Bonchev–Trinajstić information content (AvgIpc) is 2.56. The van der Waals surface area contributed by atoms with Crippen LogP contribution < -0.4 is 10.6 Å². The minimum atomic E-state index is -0.729. The summed E-state index contributed by atoms with van der Waals surface area (Å²) in [4.78, 5) is 23.2. The first kappa shape index (κ1) is 16.4. The van der Waals surface area contributed by atoms with E-state index >= 15 is 0 Å². The summed E-state index contributed by atoms with van der Waals surface area (Å²) >= 11 is 0. The molecule has 2 aromatic carbocycles. The zero-order valence-corrected chi connectivity index (χ0v) is 12.2. The number of amides is 1. The molecule has 0 atom stereocenters. The number of hydrogen-bond acceptors (Lipinski definition) is 4. The average molecular weight is 320 g/mol. The van der Waals surface area contributed by atoms with Crippen LogP contribution in [0, 0.1) is 11.6 Å². The molecular weight excluding hydrogens is 306 g/mol. The number of carbonyl (C=O) groups is 2. The quantitative estimate of drug-likeness (QED) is 0.831. The van der Waals surface area contributed by atoms with E-state index in [0.717, 1.165) is 18.2 Å². The molecule has 0 fully saturated rings. The van der Waals surface area contributed by atoms with Crippen molar-refractivity contribution in [3.8, 4) is 0 Å². The van der Waals surface area contributed by atoms with Crippen LogP contribution in [0.15, 0.2) is 42.5 Å². The van der Waals surface area contributed by atoms with Gasteiger partial charge in [0.05, 0.1) is 24.9 Å². The Labute approximate surface area is 131 Å². The van der Waals surface area contributed by atoms with Gasteiger partial charge in [0, 0.05) is 11.8 Å². The van der Waals surface area contributed by atoms with E-state index in [1.807, 2.05) is 0 Å². The number of rotatable bonds is 5. The van der Waals surface area contributed by atoms with Gasteiger partial charge in [0.25, 0.3) is 0 Å². The first-order chi connectivity index (χ1) is 11.0. The fraction of sp³-hybridized carbons (Fsp3) is 0.125. The van der Waals surface area contributed by atoms with Crippen LogP contribution in [0.1, 0.15) is 10.4 Å². The van der Waals surface area contributed by atoms with Gasteiger partial charge in [0.2, 0.25) is 5.91 Å². The molecule has 0 aliphatic carbocycles. The van der Waals surface area contributed by atoms with Crippen LogP contribution in [-0.4, -0.2) is 25.5 Å². The highest BCUT2D eigenvalue weighted by molar-refractivity contribution is 5.94. The number of ether oxygens (including phenoxy) is 1. The number of halogens is 2. The molecule has 0 bridgehead atoms. The molecule has 2 N–H and O–H groups in total. The van der Waals surface area contributed by atoms with E-state index in [4.69, 9.17) is 0 Å². The molecule has 7 heteroatoms. The number of carbonyl (C=O) groups excluding carboxylic acids is 2. The second-order valence-corrected chi connectivity index (χ2v) is 4.60. The van der Waals surface area contributed by atoms with Crippen LogP contribution >= 0.6 is 0 Å². The Hall–Kier alpha value is -2.96. The van der Waals surface area contributed by atoms with E-state index in [1.165, 1.54) is 13.2 Å². The molecule has 0 heterocycles. The molecular formula is C16H14F2N2O3. The highest BCUT2D eigenvalue weighted by Gasteiger charge is 2.09. The molecule has 0 spiro atoms. The monoisotopic (exact) mass is 320 g/mol. The number of methoxy groups -OCH3 is 1. The molecule has 0 aliphatic heterocycles. The van der Waals surface area contributed by atoms with Crippen molar-refractivity contribution in [3.05, 3.63) is 59.7 Å². The van der Waals surface area contributed by atoms with E-state index < -0.39 is 23.5 Å². The summed E-state index contributed by atoms with van der Waals surface area (Å²) in [5.41, 5.74) is 0.608. The molecule has 0 aromatic heterocycles. The van der Waals surface area contributed by atoms with Crippen LogP contribution in [0.3, 0.4) is 0 Å². The van der Waals surface area contributed by atoms with Crippen LogP contribution in [0.2, 0.25) is 0 Å². The Morgan fingerprint density at radius 2 is 1.91 bits per heavy atom. The summed E-state index contributed by atoms with van der Waals surface area (Å²) in [6.07, 6.45) is 0. The number of esters is 1. The van der Waals surface area contributed by atoms with Gasteiger partial charge in [-0.2, -0.15) is 0 Å². The Morgan fingerprint density at radius 3 is 2.65 bits per heavy atom.